The lowest BCUT2D eigenvalue weighted by Gasteiger charge is -2.08. The number of hydrogen-bond acceptors (Lipinski definition) is 2. The van der Waals surface area contributed by atoms with Crippen LogP contribution in [-0.2, 0) is 17.6 Å². The minimum atomic E-state index is -0.939. The van der Waals surface area contributed by atoms with E-state index in [-0.39, 0.29) is 0 Å². The summed E-state index contributed by atoms with van der Waals surface area (Å²) in [4.78, 5) is 10.8. The molecule has 0 spiro atoms. The zero-order chi connectivity index (χ0) is 14.8. The van der Waals surface area contributed by atoms with Crippen LogP contribution in [0.2, 0.25) is 0 Å². The lowest BCUT2D eigenvalue weighted by Crippen LogP contribution is -2.32. The Morgan fingerprint density at radius 3 is 2.50 bits per heavy atom. The second-order valence-electron chi connectivity index (χ2n) is 5.49. The van der Waals surface area contributed by atoms with Crippen molar-refractivity contribution < 1.29 is 9.90 Å². The zero-order valence-corrected chi connectivity index (χ0v) is 12.5. The Morgan fingerprint density at radius 2 is 1.80 bits per heavy atom. The molecule has 0 aliphatic carbocycles. The number of rotatable bonds is 10. The van der Waals surface area contributed by atoms with Crippen LogP contribution in [0.15, 0.2) is 24.3 Å². The van der Waals surface area contributed by atoms with Crippen molar-refractivity contribution in [3.63, 3.8) is 0 Å². The van der Waals surface area contributed by atoms with Gasteiger partial charge in [0.15, 0.2) is 0 Å². The van der Waals surface area contributed by atoms with Crippen molar-refractivity contribution in [1.29, 1.82) is 0 Å². The van der Waals surface area contributed by atoms with E-state index in [1.807, 2.05) is 12.1 Å². The van der Waals surface area contributed by atoms with Crippen LogP contribution in [0.1, 0.15) is 56.6 Å². The van der Waals surface area contributed by atoms with Crippen molar-refractivity contribution in [2.75, 3.05) is 0 Å². The lowest BCUT2D eigenvalue weighted by atomic mass is 10.0. The number of unbranched alkanes of at least 4 members (excludes halogenated alkanes) is 5. The molecule has 3 nitrogen and oxygen atoms in total. The topological polar surface area (TPSA) is 63.3 Å². The molecule has 3 heteroatoms. The van der Waals surface area contributed by atoms with E-state index in [0.29, 0.717) is 6.42 Å². The van der Waals surface area contributed by atoms with Crippen LogP contribution in [0.25, 0.3) is 0 Å². The molecule has 20 heavy (non-hydrogen) atoms. The first-order chi connectivity index (χ1) is 9.63. The SMILES string of the molecule is CCCCCCCCc1cccc(CC(N)C(=O)O)c1. The summed E-state index contributed by atoms with van der Waals surface area (Å²) in [7, 11) is 0. The molecule has 0 aliphatic rings. The Hall–Kier alpha value is -1.35. The van der Waals surface area contributed by atoms with Crippen LogP contribution in [-0.4, -0.2) is 17.1 Å². The van der Waals surface area contributed by atoms with Gasteiger partial charge in [0, 0.05) is 0 Å². The number of carbonyl (C=O) groups is 1. The van der Waals surface area contributed by atoms with Gasteiger partial charge < -0.3 is 10.8 Å². The number of aryl methyl sites for hydroxylation is 1. The maximum atomic E-state index is 10.8. The van der Waals surface area contributed by atoms with Gasteiger partial charge in [-0.25, -0.2) is 0 Å². The quantitative estimate of drug-likeness (QED) is 0.643. The van der Waals surface area contributed by atoms with Crippen molar-refractivity contribution >= 4 is 5.97 Å². The molecule has 0 aromatic heterocycles. The average Bonchev–Trinajstić information content (AvgIpc) is 2.43. The van der Waals surface area contributed by atoms with Gasteiger partial charge in [0.1, 0.15) is 6.04 Å². The Morgan fingerprint density at radius 1 is 1.15 bits per heavy atom. The fourth-order valence-electron chi connectivity index (χ4n) is 2.36. The first-order valence-electron chi connectivity index (χ1n) is 7.69. The van der Waals surface area contributed by atoms with Gasteiger partial charge in [0.25, 0.3) is 0 Å². The lowest BCUT2D eigenvalue weighted by molar-refractivity contribution is -0.138. The van der Waals surface area contributed by atoms with E-state index < -0.39 is 12.0 Å². The Balaban J connectivity index is 2.34. The number of aliphatic carboxylic acids is 1. The summed E-state index contributed by atoms with van der Waals surface area (Å²) in [5.41, 5.74) is 7.87. The molecule has 0 aliphatic heterocycles. The predicted molar refractivity (Wildman–Crippen MR) is 82.8 cm³/mol. The maximum absolute atomic E-state index is 10.8. The van der Waals surface area contributed by atoms with Crippen LogP contribution in [0.4, 0.5) is 0 Å². The van der Waals surface area contributed by atoms with Gasteiger partial charge in [0.2, 0.25) is 0 Å². The second-order valence-corrected chi connectivity index (χ2v) is 5.49. The number of carboxylic acids is 1. The van der Waals surface area contributed by atoms with Crippen LogP contribution >= 0.6 is 0 Å². The van der Waals surface area contributed by atoms with Gasteiger partial charge in [0.05, 0.1) is 0 Å². The van der Waals surface area contributed by atoms with Gasteiger partial charge in [-0.1, -0.05) is 63.3 Å². The van der Waals surface area contributed by atoms with E-state index in [1.165, 1.54) is 44.1 Å². The van der Waals surface area contributed by atoms with Crippen molar-refractivity contribution in [2.24, 2.45) is 5.73 Å². The molecule has 0 bridgehead atoms. The van der Waals surface area contributed by atoms with E-state index in [4.69, 9.17) is 10.8 Å². The van der Waals surface area contributed by atoms with Gasteiger partial charge in [-0.2, -0.15) is 0 Å². The molecule has 1 aromatic rings. The summed E-state index contributed by atoms with van der Waals surface area (Å²) in [5.74, 6) is -0.939. The van der Waals surface area contributed by atoms with Gasteiger partial charge in [-0.05, 0) is 30.4 Å². The Kier molecular flexibility index (Phi) is 7.97. The molecule has 0 heterocycles. The molecule has 3 N–H and O–H groups in total. The molecule has 0 amide bonds. The van der Waals surface area contributed by atoms with Crippen LogP contribution in [0.5, 0.6) is 0 Å². The first kappa shape index (κ1) is 16.7. The summed E-state index contributed by atoms with van der Waals surface area (Å²) >= 11 is 0. The van der Waals surface area contributed by atoms with E-state index in [2.05, 4.69) is 19.1 Å². The molecule has 112 valence electrons. The fourth-order valence-corrected chi connectivity index (χ4v) is 2.36. The highest BCUT2D eigenvalue weighted by Gasteiger charge is 2.11. The number of nitrogens with two attached hydrogens (primary N) is 1. The molecule has 1 unspecified atom stereocenters. The molecule has 1 rings (SSSR count). The average molecular weight is 277 g/mol. The van der Waals surface area contributed by atoms with Gasteiger partial charge in [-0.3, -0.25) is 4.79 Å². The normalized spacial score (nSPS) is 12.3. The smallest absolute Gasteiger partial charge is 0.320 e. The molecule has 0 radical (unpaired) electrons. The van der Waals surface area contributed by atoms with E-state index in [9.17, 15) is 4.79 Å². The minimum Gasteiger partial charge on any atom is -0.480 e. The number of carboxylic acid groups (broad SMARTS) is 1. The summed E-state index contributed by atoms with van der Waals surface area (Å²) in [6, 6.07) is 7.35. The summed E-state index contributed by atoms with van der Waals surface area (Å²) < 4.78 is 0. The third kappa shape index (κ3) is 6.71. The monoisotopic (exact) mass is 277 g/mol. The highest BCUT2D eigenvalue weighted by atomic mass is 16.4. The fraction of sp³-hybridized carbons (Fsp3) is 0.588. The van der Waals surface area contributed by atoms with Crippen molar-refractivity contribution in [1.82, 2.24) is 0 Å². The predicted octanol–water partition coefficient (Wildman–Crippen LogP) is 3.54. The van der Waals surface area contributed by atoms with Gasteiger partial charge >= 0.3 is 5.97 Å². The highest BCUT2D eigenvalue weighted by Crippen LogP contribution is 2.12. The van der Waals surface area contributed by atoms with E-state index in [1.54, 1.807) is 0 Å². The van der Waals surface area contributed by atoms with Crippen molar-refractivity contribution in [3.05, 3.63) is 35.4 Å². The maximum Gasteiger partial charge on any atom is 0.320 e. The highest BCUT2D eigenvalue weighted by molar-refractivity contribution is 5.73. The Bertz CT molecular complexity index is 404. The summed E-state index contributed by atoms with van der Waals surface area (Å²) in [6.45, 7) is 2.23. The molecular formula is C17H27NO2. The number of benzene rings is 1. The second kappa shape index (κ2) is 9.54. The zero-order valence-electron chi connectivity index (χ0n) is 12.5. The summed E-state index contributed by atoms with van der Waals surface area (Å²) in [6.07, 6.45) is 9.23. The standard InChI is InChI=1S/C17H27NO2/c1-2-3-4-5-6-7-9-14-10-8-11-15(12-14)13-16(18)17(19)20/h8,10-12,16H,2-7,9,13,18H2,1H3,(H,19,20). The molecule has 0 saturated carbocycles. The Labute approximate surface area is 122 Å². The van der Waals surface area contributed by atoms with Crippen LogP contribution in [0, 0.1) is 0 Å². The molecule has 0 saturated heterocycles. The molecule has 0 fully saturated rings. The molecule has 1 aromatic carbocycles. The first-order valence-corrected chi connectivity index (χ1v) is 7.69. The summed E-state index contributed by atoms with van der Waals surface area (Å²) in [5, 5.41) is 8.83. The molecular weight excluding hydrogens is 250 g/mol. The van der Waals surface area contributed by atoms with E-state index >= 15 is 0 Å². The third-order valence-electron chi connectivity index (χ3n) is 3.58. The molecule has 1 atom stereocenters. The van der Waals surface area contributed by atoms with Crippen molar-refractivity contribution in [3.8, 4) is 0 Å². The van der Waals surface area contributed by atoms with Crippen LogP contribution < -0.4 is 5.73 Å². The minimum absolute atomic E-state index is 0.402. The largest absolute Gasteiger partial charge is 0.480 e. The number of hydrogen-bond donors (Lipinski definition) is 2. The van der Waals surface area contributed by atoms with E-state index in [0.717, 1.165) is 12.0 Å². The van der Waals surface area contributed by atoms with Gasteiger partial charge in [-0.15, -0.1) is 0 Å². The van der Waals surface area contributed by atoms with Crippen molar-refractivity contribution in [2.45, 2.75) is 64.3 Å². The van der Waals surface area contributed by atoms with Crippen LogP contribution in [0.3, 0.4) is 0 Å². The third-order valence-corrected chi connectivity index (χ3v) is 3.58.